The molecular formula is C35H42N4O2. The third-order valence-electron chi connectivity index (χ3n) is 9.75. The number of rotatable bonds is 8. The quantitative estimate of drug-likeness (QED) is 0.312. The lowest BCUT2D eigenvalue weighted by atomic mass is 9.68. The molecule has 0 bridgehead atoms. The zero-order chi connectivity index (χ0) is 28.3. The minimum Gasteiger partial charge on any atom is -0.496 e. The smallest absolute Gasteiger partial charge is 0.223 e. The first-order valence-electron chi connectivity index (χ1n) is 15.5. The van der Waals surface area contributed by atoms with Gasteiger partial charge in [0.1, 0.15) is 5.75 Å². The second-order valence-electron chi connectivity index (χ2n) is 12.5. The fraction of sp³-hybridized carbons (Fsp3) is 0.514. The van der Waals surface area contributed by atoms with Crippen LogP contribution in [0.25, 0.3) is 11.1 Å². The van der Waals surface area contributed by atoms with E-state index in [-0.39, 0.29) is 35.6 Å². The van der Waals surface area contributed by atoms with Crippen LogP contribution in [0.3, 0.4) is 0 Å². The van der Waals surface area contributed by atoms with Crippen molar-refractivity contribution < 1.29 is 9.53 Å². The largest absolute Gasteiger partial charge is 0.496 e. The molecule has 41 heavy (non-hydrogen) atoms. The normalized spacial score (nSPS) is 23.9. The van der Waals surface area contributed by atoms with Crippen molar-refractivity contribution in [2.24, 2.45) is 17.8 Å². The Morgan fingerprint density at radius 3 is 2.61 bits per heavy atom. The Kier molecular flexibility index (Phi) is 8.14. The first-order valence-corrected chi connectivity index (χ1v) is 15.5. The van der Waals surface area contributed by atoms with Gasteiger partial charge < -0.3 is 10.1 Å². The van der Waals surface area contributed by atoms with E-state index in [9.17, 15) is 10.1 Å². The Labute approximate surface area is 244 Å². The lowest BCUT2D eigenvalue weighted by molar-refractivity contribution is -0.127. The first-order chi connectivity index (χ1) is 20.0. The third kappa shape index (κ3) is 6.05. The van der Waals surface area contributed by atoms with Gasteiger partial charge in [-0.3, -0.25) is 9.48 Å². The molecule has 0 spiro atoms. The molecule has 6 nitrogen and oxygen atoms in total. The molecule has 6 rings (SSSR count). The van der Waals surface area contributed by atoms with Gasteiger partial charge in [0.25, 0.3) is 0 Å². The molecule has 214 valence electrons. The number of aromatic nitrogens is 2. The summed E-state index contributed by atoms with van der Waals surface area (Å²) in [6.45, 7) is 2.06. The van der Waals surface area contributed by atoms with Crippen LogP contribution in [0.15, 0.2) is 54.9 Å². The number of ether oxygens (including phenoxy) is 1. The summed E-state index contributed by atoms with van der Waals surface area (Å²) in [5, 5.41) is 18.5. The van der Waals surface area contributed by atoms with E-state index in [0.717, 1.165) is 72.9 Å². The Morgan fingerprint density at radius 1 is 1.05 bits per heavy atom. The molecule has 4 unspecified atom stereocenters. The molecule has 3 fully saturated rings. The van der Waals surface area contributed by atoms with Crippen LogP contribution in [0.5, 0.6) is 5.75 Å². The molecule has 1 amide bonds. The fourth-order valence-corrected chi connectivity index (χ4v) is 7.23. The van der Waals surface area contributed by atoms with Crippen LogP contribution in [0.2, 0.25) is 0 Å². The van der Waals surface area contributed by atoms with E-state index in [4.69, 9.17) is 4.74 Å². The zero-order valence-electron chi connectivity index (χ0n) is 24.4. The zero-order valence-corrected chi connectivity index (χ0v) is 24.4. The van der Waals surface area contributed by atoms with Gasteiger partial charge in [-0.25, -0.2) is 0 Å². The molecule has 0 aliphatic heterocycles. The molecule has 1 heterocycles. The molecule has 3 aliphatic carbocycles. The number of hydrogen-bond donors (Lipinski definition) is 1. The summed E-state index contributed by atoms with van der Waals surface area (Å²) in [5.41, 5.74) is 5.69. The van der Waals surface area contributed by atoms with Crippen LogP contribution in [0.4, 0.5) is 0 Å². The molecule has 1 N–H and O–H groups in total. The second-order valence-corrected chi connectivity index (χ2v) is 12.5. The minimum absolute atomic E-state index is 0.0941. The van der Waals surface area contributed by atoms with Crippen molar-refractivity contribution in [1.29, 1.82) is 5.26 Å². The van der Waals surface area contributed by atoms with Gasteiger partial charge >= 0.3 is 0 Å². The van der Waals surface area contributed by atoms with Crippen LogP contribution in [0.1, 0.15) is 98.9 Å². The molecule has 0 saturated heterocycles. The lowest BCUT2D eigenvalue weighted by Crippen LogP contribution is -2.40. The standard InChI is InChI=1S/C35H42N4O2/c1-23-17-26(12-16-33(23)41-2)32-15-11-28(19-29(32)20-36)34(38-35(40)24-7-4-3-5-8-24)27-10-6-9-25(18-27)30-21-37-39(22-30)31-13-14-31/h6,9-10,12,16-18,21-22,24,28-29,31-32,34H,3-5,7-8,11,13-15,19H2,1-2H3,(H,38,40). The van der Waals surface area contributed by atoms with E-state index >= 15 is 0 Å². The highest BCUT2D eigenvalue weighted by molar-refractivity contribution is 5.79. The highest BCUT2D eigenvalue weighted by Gasteiger charge is 2.37. The Morgan fingerprint density at radius 2 is 1.88 bits per heavy atom. The maximum Gasteiger partial charge on any atom is 0.223 e. The SMILES string of the molecule is COc1ccc(C2CCC(C(NC(=O)C3CCCCC3)c3cccc(-c4cnn(C5CC5)c4)c3)CC2C#N)cc1C. The number of nitrogens with zero attached hydrogens (tertiary/aromatic N) is 3. The van der Waals surface area contributed by atoms with Crippen molar-refractivity contribution >= 4 is 5.91 Å². The summed E-state index contributed by atoms with van der Waals surface area (Å²) in [7, 11) is 1.70. The topological polar surface area (TPSA) is 79.9 Å². The molecule has 6 heteroatoms. The third-order valence-corrected chi connectivity index (χ3v) is 9.75. The highest BCUT2D eigenvalue weighted by atomic mass is 16.5. The molecule has 3 saturated carbocycles. The summed E-state index contributed by atoms with van der Waals surface area (Å²) in [6, 6.07) is 18.0. The van der Waals surface area contributed by atoms with Gasteiger partial charge in [0, 0.05) is 17.7 Å². The molecule has 2 aromatic carbocycles. The van der Waals surface area contributed by atoms with Crippen molar-refractivity contribution in [3.05, 3.63) is 71.5 Å². The number of carbonyl (C=O) groups is 1. The van der Waals surface area contributed by atoms with E-state index < -0.39 is 0 Å². The van der Waals surface area contributed by atoms with E-state index in [1.165, 1.54) is 24.8 Å². The summed E-state index contributed by atoms with van der Waals surface area (Å²) < 4.78 is 7.56. The fourth-order valence-electron chi connectivity index (χ4n) is 7.23. The predicted octanol–water partition coefficient (Wildman–Crippen LogP) is 7.66. The maximum atomic E-state index is 13.6. The van der Waals surface area contributed by atoms with Crippen molar-refractivity contribution in [2.75, 3.05) is 7.11 Å². The van der Waals surface area contributed by atoms with E-state index in [2.05, 4.69) is 70.7 Å². The molecule has 3 aliphatic rings. The van der Waals surface area contributed by atoms with Crippen molar-refractivity contribution in [1.82, 2.24) is 15.1 Å². The van der Waals surface area contributed by atoms with Gasteiger partial charge in [-0.15, -0.1) is 0 Å². The van der Waals surface area contributed by atoms with Gasteiger partial charge in [0.15, 0.2) is 0 Å². The first kappa shape index (κ1) is 27.6. The van der Waals surface area contributed by atoms with Crippen LogP contribution < -0.4 is 10.1 Å². The molecule has 0 radical (unpaired) electrons. The van der Waals surface area contributed by atoms with E-state index in [0.29, 0.717) is 6.04 Å². The highest BCUT2D eigenvalue weighted by Crippen LogP contribution is 2.46. The average molecular weight is 551 g/mol. The number of carbonyl (C=O) groups excluding carboxylic acids is 1. The average Bonchev–Trinajstić information content (AvgIpc) is 3.75. The van der Waals surface area contributed by atoms with Crippen LogP contribution >= 0.6 is 0 Å². The summed E-state index contributed by atoms with van der Waals surface area (Å²) in [4.78, 5) is 13.6. The van der Waals surface area contributed by atoms with Gasteiger partial charge in [-0.2, -0.15) is 10.4 Å². The number of hydrogen-bond acceptors (Lipinski definition) is 4. The van der Waals surface area contributed by atoms with Crippen molar-refractivity contribution in [3.8, 4) is 22.9 Å². The number of aryl methyl sites for hydroxylation is 1. The summed E-state index contributed by atoms with van der Waals surface area (Å²) >= 11 is 0. The number of nitriles is 1. The Bertz CT molecular complexity index is 1410. The molecule has 4 atom stereocenters. The van der Waals surface area contributed by atoms with Gasteiger partial charge in [-0.1, -0.05) is 49.6 Å². The summed E-state index contributed by atoms with van der Waals surface area (Å²) in [5.74, 6) is 1.45. The molecule has 3 aromatic rings. The van der Waals surface area contributed by atoms with Gasteiger partial charge in [-0.05, 0) is 98.1 Å². The number of amides is 1. The molecular weight excluding hydrogens is 508 g/mol. The summed E-state index contributed by atoms with van der Waals surface area (Å²) in [6.07, 6.45) is 14.6. The van der Waals surface area contributed by atoms with Gasteiger partial charge in [0.2, 0.25) is 5.91 Å². The number of benzene rings is 2. The Balaban J connectivity index is 1.27. The molecule has 1 aromatic heterocycles. The van der Waals surface area contributed by atoms with Crippen LogP contribution in [0, 0.1) is 36.0 Å². The van der Waals surface area contributed by atoms with Crippen molar-refractivity contribution in [3.63, 3.8) is 0 Å². The number of methoxy groups -OCH3 is 1. The lowest BCUT2D eigenvalue weighted by Gasteiger charge is -2.38. The van der Waals surface area contributed by atoms with E-state index in [1.54, 1.807) is 7.11 Å². The van der Waals surface area contributed by atoms with Gasteiger partial charge in [0.05, 0.1) is 37.4 Å². The Hall–Kier alpha value is -3.59. The van der Waals surface area contributed by atoms with E-state index in [1.807, 2.05) is 12.3 Å². The number of nitrogens with one attached hydrogen (secondary N) is 1. The monoisotopic (exact) mass is 550 g/mol. The van der Waals surface area contributed by atoms with Crippen LogP contribution in [-0.4, -0.2) is 22.8 Å². The second kappa shape index (κ2) is 12.1. The predicted molar refractivity (Wildman–Crippen MR) is 160 cm³/mol. The maximum absolute atomic E-state index is 13.6. The van der Waals surface area contributed by atoms with Crippen LogP contribution in [-0.2, 0) is 4.79 Å². The van der Waals surface area contributed by atoms with Crippen molar-refractivity contribution in [2.45, 2.75) is 89.1 Å². The minimum atomic E-state index is -0.114.